The summed E-state index contributed by atoms with van der Waals surface area (Å²) in [6, 6.07) is 11.6. The number of carbonyl (C=O) groups is 2. The predicted molar refractivity (Wildman–Crippen MR) is 136 cm³/mol. The molecule has 0 spiro atoms. The van der Waals surface area contributed by atoms with E-state index in [-0.39, 0.29) is 18.0 Å². The van der Waals surface area contributed by atoms with Gasteiger partial charge in [-0.15, -0.1) is 0 Å². The largest absolute Gasteiger partial charge is 0.383 e. The molecule has 2 amide bonds. The van der Waals surface area contributed by atoms with Crippen LogP contribution in [0.1, 0.15) is 22.8 Å². The molecule has 3 heterocycles. The molecule has 0 aliphatic rings. The van der Waals surface area contributed by atoms with Crippen LogP contribution in [0.3, 0.4) is 0 Å². The van der Waals surface area contributed by atoms with E-state index < -0.39 is 11.7 Å². The zero-order valence-electron chi connectivity index (χ0n) is 19.8. The number of rotatable bonds is 4. The van der Waals surface area contributed by atoms with Gasteiger partial charge in [0.1, 0.15) is 11.6 Å². The van der Waals surface area contributed by atoms with E-state index in [0.29, 0.717) is 33.2 Å². The minimum atomic E-state index is -0.481. The number of hydrazine groups is 1. The maximum atomic E-state index is 15.1. The molecule has 0 aliphatic heterocycles. The lowest BCUT2D eigenvalue weighted by atomic mass is 10.1. The third-order valence-electron chi connectivity index (χ3n) is 6.10. The van der Waals surface area contributed by atoms with Crippen LogP contribution in [0.2, 0.25) is 0 Å². The second-order valence-corrected chi connectivity index (χ2v) is 9.18. The Hall–Kier alpha value is -4.38. The number of amides is 2. The average Bonchev–Trinajstić information content (AvgIpc) is 3.53. The minimum absolute atomic E-state index is 0.136. The van der Waals surface area contributed by atoms with Crippen LogP contribution < -0.4 is 5.73 Å². The first kappa shape index (κ1) is 23.4. The number of hydrogen-bond acceptors (Lipinski definition) is 7. The lowest BCUT2D eigenvalue weighted by Gasteiger charge is -2.31. The first-order valence-electron chi connectivity index (χ1n) is 11.0. The van der Waals surface area contributed by atoms with Crippen LogP contribution in [0.5, 0.6) is 0 Å². The summed E-state index contributed by atoms with van der Waals surface area (Å²) in [7, 11) is 3.26. The summed E-state index contributed by atoms with van der Waals surface area (Å²) in [4.78, 5) is 31.2. The normalized spacial score (nSPS) is 11.2. The third-order valence-corrected chi connectivity index (χ3v) is 6.90. The van der Waals surface area contributed by atoms with Gasteiger partial charge in [-0.2, -0.15) is 5.10 Å². The quantitative estimate of drug-likeness (QED) is 0.371. The van der Waals surface area contributed by atoms with Crippen LogP contribution in [0.15, 0.2) is 54.9 Å². The fourth-order valence-electron chi connectivity index (χ4n) is 4.08. The molecular weight excluding hydrogens is 481 g/mol. The summed E-state index contributed by atoms with van der Waals surface area (Å²) in [6.07, 6.45) is 3.28. The van der Waals surface area contributed by atoms with Crippen molar-refractivity contribution in [2.75, 3.05) is 12.8 Å². The Morgan fingerprint density at radius 3 is 2.64 bits per heavy atom. The van der Waals surface area contributed by atoms with Crippen molar-refractivity contribution in [1.82, 2.24) is 29.2 Å². The van der Waals surface area contributed by atoms with Crippen molar-refractivity contribution in [1.29, 1.82) is 0 Å². The molecule has 182 valence electrons. The van der Waals surface area contributed by atoms with Crippen molar-refractivity contribution in [3.8, 4) is 10.4 Å². The Labute approximate surface area is 209 Å². The molecular formula is C25H22FN7O2S. The summed E-state index contributed by atoms with van der Waals surface area (Å²) in [5.74, 6) is -0.965. The average molecular weight is 504 g/mol. The van der Waals surface area contributed by atoms with Gasteiger partial charge in [-0.25, -0.2) is 18.8 Å². The summed E-state index contributed by atoms with van der Waals surface area (Å²) >= 11 is 1.27. The van der Waals surface area contributed by atoms with Crippen LogP contribution in [-0.2, 0) is 18.4 Å². The van der Waals surface area contributed by atoms with E-state index in [2.05, 4.69) is 14.5 Å². The van der Waals surface area contributed by atoms with Crippen molar-refractivity contribution in [2.24, 2.45) is 7.05 Å². The Balaban J connectivity index is 1.54. The maximum absolute atomic E-state index is 15.1. The number of anilines is 1. The number of hydrogen-bond donors (Lipinski definition) is 1. The molecule has 0 saturated carbocycles. The molecule has 0 saturated heterocycles. The molecule has 2 N–H and O–H groups in total. The number of pyridine rings is 1. The van der Waals surface area contributed by atoms with Gasteiger partial charge >= 0.3 is 0 Å². The highest BCUT2D eigenvalue weighted by Crippen LogP contribution is 2.29. The van der Waals surface area contributed by atoms with E-state index in [4.69, 9.17) is 5.73 Å². The number of benzene rings is 2. The zero-order chi connectivity index (χ0) is 25.6. The van der Waals surface area contributed by atoms with Gasteiger partial charge < -0.3 is 5.73 Å². The van der Waals surface area contributed by atoms with E-state index in [1.54, 1.807) is 60.5 Å². The summed E-state index contributed by atoms with van der Waals surface area (Å²) < 4.78 is 20.8. The SMILES string of the molecule is CC(=O)N(C)N(Cc1ccc(-c2ccns2)cc1F)C(=O)c1ccc2nc(N)c3cnn(C)c3c2c1. The fourth-order valence-corrected chi connectivity index (χ4v) is 4.67. The highest BCUT2D eigenvalue weighted by atomic mass is 32.1. The second kappa shape index (κ2) is 9.00. The monoisotopic (exact) mass is 503 g/mol. The molecule has 0 fully saturated rings. The van der Waals surface area contributed by atoms with Gasteiger partial charge in [-0.3, -0.25) is 19.3 Å². The second-order valence-electron chi connectivity index (χ2n) is 8.35. The molecule has 36 heavy (non-hydrogen) atoms. The molecule has 0 aliphatic carbocycles. The molecule has 5 rings (SSSR count). The van der Waals surface area contributed by atoms with Gasteiger partial charge in [-0.1, -0.05) is 12.1 Å². The highest BCUT2D eigenvalue weighted by Gasteiger charge is 2.25. The number of halogens is 1. The van der Waals surface area contributed by atoms with Gasteiger partial charge in [0, 0.05) is 43.7 Å². The van der Waals surface area contributed by atoms with Crippen LogP contribution >= 0.6 is 11.5 Å². The molecule has 11 heteroatoms. The Morgan fingerprint density at radius 1 is 1.14 bits per heavy atom. The van der Waals surface area contributed by atoms with Crippen molar-refractivity contribution >= 4 is 51.0 Å². The van der Waals surface area contributed by atoms with Crippen molar-refractivity contribution < 1.29 is 14.0 Å². The number of carbonyl (C=O) groups excluding carboxylic acids is 2. The standard InChI is InChI=1S/C25H22FN7O2S/c1-14(34)32(3)33(13-17-5-4-15(11-20(17)26)22-8-9-29-36-22)25(35)16-6-7-21-18(10-16)23-19(24(27)30-21)12-28-31(23)2/h4-12H,13H2,1-3H3,(H2,27,30). The number of aryl methyl sites for hydroxylation is 1. The summed E-state index contributed by atoms with van der Waals surface area (Å²) in [5, 5.41) is 8.04. The number of nitrogens with two attached hydrogens (primary N) is 1. The Morgan fingerprint density at radius 2 is 1.94 bits per heavy atom. The molecule has 2 aromatic carbocycles. The van der Waals surface area contributed by atoms with E-state index in [1.165, 1.54) is 41.6 Å². The van der Waals surface area contributed by atoms with E-state index in [0.717, 1.165) is 10.4 Å². The van der Waals surface area contributed by atoms with Crippen molar-refractivity contribution in [3.63, 3.8) is 0 Å². The van der Waals surface area contributed by atoms with Gasteiger partial charge in [0.2, 0.25) is 5.91 Å². The molecule has 0 unspecified atom stereocenters. The number of fused-ring (bicyclic) bond motifs is 3. The molecule has 0 bridgehead atoms. The maximum Gasteiger partial charge on any atom is 0.272 e. The van der Waals surface area contributed by atoms with Gasteiger partial charge in [0.25, 0.3) is 5.91 Å². The topological polar surface area (TPSA) is 110 Å². The van der Waals surface area contributed by atoms with E-state index >= 15 is 4.39 Å². The summed E-state index contributed by atoms with van der Waals surface area (Å²) in [5.41, 5.74) is 8.70. The molecule has 3 aromatic heterocycles. The number of aromatic nitrogens is 4. The molecule has 5 aromatic rings. The first-order chi connectivity index (χ1) is 17.2. The molecule has 9 nitrogen and oxygen atoms in total. The smallest absolute Gasteiger partial charge is 0.272 e. The minimum Gasteiger partial charge on any atom is -0.383 e. The van der Waals surface area contributed by atoms with Gasteiger partial charge in [0.15, 0.2) is 0 Å². The molecule has 0 radical (unpaired) electrons. The fraction of sp³-hybridized carbons (Fsp3) is 0.160. The first-order valence-corrected chi connectivity index (χ1v) is 11.8. The van der Waals surface area contributed by atoms with Crippen molar-refractivity contribution in [3.05, 3.63) is 71.8 Å². The van der Waals surface area contributed by atoms with Gasteiger partial charge in [0.05, 0.1) is 34.0 Å². The number of nitrogen functional groups attached to an aromatic ring is 1. The summed E-state index contributed by atoms with van der Waals surface area (Å²) in [6.45, 7) is 1.21. The number of nitrogens with zero attached hydrogens (tertiary/aromatic N) is 6. The van der Waals surface area contributed by atoms with Gasteiger partial charge in [-0.05, 0) is 47.4 Å². The Bertz CT molecular complexity index is 1630. The van der Waals surface area contributed by atoms with Crippen LogP contribution in [-0.4, -0.2) is 48.0 Å². The Kier molecular flexibility index (Phi) is 5.84. The van der Waals surface area contributed by atoms with E-state index in [9.17, 15) is 9.59 Å². The highest BCUT2D eigenvalue weighted by molar-refractivity contribution is 7.09. The van der Waals surface area contributed by atoms with E-state index in [1.807, 2.05) is 0 Å². The van der Waals surface area contributed by atoms with Crippen LogP contribution in [0, 0.1) is 5.82 Å². The van der Waals surface area contributed by atoms with Crippen LogP contribution in [0.4, 0.5) is 10.2 Å². The zero-order valence-corrected chi connectivity index (χ0v) is 20.6. The predicted octanol–water partition coefficient (Wildman–Crippen LogP) is 4.00. The van der Waals surface area contributed by atoms with Crippen molar-refractivity contribution in [2.45, 2.75) is 13.5 Å². The molecule has 0 atom stereocenters. The third kappa shape index (κ3) is 4.03. The lowest BCUT2D eigenvalue weighted by Crippen LogP contribution is -2.46. The lowest BCUT2D eigenvalue weighted by molar-refractivity contribution is -0.140. The van der Waals surface area contributed by atoms with Crippen LogP contribution in [0.25, 0.3) is 32.2 Å².